The fourth-order valence-electron chi connectivity index (χ4n) is 2.75. The van der Waals surface area contributed by atoms with Crippen LogP contribution in [0.2, 0.25) is 0 Å². The molecule has 0 aliphatic heterocycles. The van der Waals surface area contributed by atoms with Gasteiger partial charge in [0.2, 0.25) is 0 Å². The van der Waals surface area contributed by atoms with Gasteiger partial charge in [0.05, 0.1) is 34.5 Å². The van der Waals surface area contributed by atoms with E-state index in [-0.39, 0.29) is 61.6 Å². The third-order valence-electron chi connectivity index (χ3n) is 4.47. The van der Waals surface area contributed by atoms with E-state index in [0.717, 1.165) is 11.4 Å². The predicted octanol–water partition coefficient (Wildman–Crippen LogP) is -2.42. The Bertz CT molecular complexity index is 1320. The van der Waals surface area contributed by atoms with E-state index >= 15 is 0 Å². The van der Waals surface area contributed by atoms with Crippen LogP contribution in [0, 0.1) is 0 Å². The zero-order chi connectivity index (χ0) is 29.3. The summed E-state index contributed by atoms with van der Waals surface area (Å²) in [4.78, 5) is 49.5. The smallest absolute Gasteiger partial charge is 0.546 e. The third-order valence-corrected chi connectivity index (χ3v) is 4.47. The second-order valence-electron chi connectivity index (χ2n) is 7.42. The Balaban J connectivity index is -0.000000266. The number of carboxylic acid groups (broad SMARTS) is 4. The minimum Gasteiger partial charge on any atom is -0.546 e. The fraction of sp³-hybridized carbons (Fsp3) is 0.0714. The van der Waals surface area contributed by atoms with Gasteiger partial charge in [0.1, 0.15) is 24.7 Å². The van der Waals surface area contributed by atoms with E-state index in [2.05, 4.69) is 9.97 Å². The molecule has 0 saturated heterocycles. The van der Waals surface area contributed by atoms with Gasteiger partial charge in [-0.05, 0) is 60.7 Å². The molecule has 0 aliphatic rings. The Morgan fingerprint density at radius 3 is 1.22 bits per heavy atom. The SMILES string of the molecule is O.O=C([O-])COc1cccc(C(=O)O)c1.O=C([O-])COc1cccc(C(=O)O)c1.[Mn+2].[OH3+].[OH3+].[OH3+].c1ccc(-c2ccccn2)nc1. The number of aliphatic carboxylic acids is 2. The maximum Gasteiger partial charge on any atom is 2.00 e. The van der Waals surface area contributed by atoms with Gasteiger partial charge in [-0.3, -0.25) is 9.97 Å². The molecule has 0 amide bonds. The minimum absolute atomic E-state index is 0. The molecule has 17 heteroatoms. The first-order chi connectivity index (χ1) is 19.2. The first-order valence-electron chi connectivity index (χ1n) is 11.3. The molecule has 0 aliphatic carbocycles. The third kappa shape index (κ3) is 18.7. The van der Waals surface area contributed by atoms with Crippen molar-refractivity contribution >= 4 is 23.9 Å². The van der Waals surface area contributed by atoms with E-state index in [0.29, 0.717) is 0 Å². The maximum atomic E-state index is 10.5. The number of carbonyl (C=O) groups is 4. The molecule has 4 aromatic rings. The van der Waals surface area contributed by atoms with Gasteiger partial charge in [0, 0.05) is 12.4 Å². The Morgan fingerprint density at radius 1 is 0.600 bits per heavy atom. The largest absolute Gasteiger partial charge is 2.00 e. The van der Waals surface area contributed by atoms with Crippen LogP contribution in [-0.4, -0.2) is 62.7 Å². The number of carbonyl (C=O) groups excluding carboxylic acids is 2. The second-order valence-corrected chi connectivity index (χ2v) is 7.42. The zero-order valence-electron chi connectivity index (χ0n) is 23.3. The van der Waals surface area contributed by atoms with Crippen molar-refractivity contribution < 1.29 is 88.1 Å². The number of ether oxygens (including phenoxy) is 2. The molecule has 243 valence electrons. The summed E-state index contributed by atoms with van der Waals surface area (Å²) < 4.78 is 9.47. The molecule has 1 radical (unpaired) electrons. The maximum absolute atomic E-state index is 10.5. The fourth-order valence-corrected chi connectivity index (χ4v) is 2.75. The van der Waals surface area contributed by atoms with Crippen LogP contribution in [0.5, 0.6) is 11.5 Å². The summed E-state index contributed by atoms with van der Waals surface area (Å²) in [7, 11) is 0. The Labute approximate surface area is 266 Å². The molecule has 45 heavy (non-hydrogen) atoms. The van der Waals surface area contributed by atoms with Gasteiger partial charge >= 0.3 is 29.0 Å². The van der Waals surface area contributed by atoms with Gasteiger partial charge in [0.15, 0.2) is 0 Å². The summed E-state index contributed by atoms with van der Waals surface area (Å²) in [5.41, 5.74) is 1.91. The molecule has 0 unspecified atom stereocenters. The molecule has 0 atom stereocenters. The Morgan fingerprint density at radius 2 is 0.956 bits per heavy atom. The van der Waals surface area contributed by atoms with Crippen LogP contribution in [0.1, 0.15) is 20.7 Å². The van der Waals surface area contributed by atoms with Crippen molar-refractivity contribution in [3.05, 3.63) is 108 Å². The molecule has 0 spiro atoms. The average Bonchev–Trinajstić information content (AvgIpc) is 2.97. The van der Waals surface area contributed by atoms with Crippen molar-refractivity contribution in [2.45, 2.75) is 0 Å². The summed E-state index contributed by atoms with van der Waals surface area (Å²) in [6.45, 7) is -1.19. The molecule has 16 nitrogen and oxygen atoms in total. The summed E-state index contributed by atoms with van der Waals surface area (Å²) in [6, 6.07) is 22.7. The minimum atomic E-state index is -1.36. The number of benzene rings is 2. The van der Waals surface area contributed by atoms with Gasteiger partial charge in [-0.25, -0.2) is 9.59 Å². The Hall–Kier alpha value is -5.42. The number of aromatic carboxylic acids is 2. The Kier molecular flexibility index (Phi) is 26.0. The van der Waals surface area contributed by atoms with Gasteiger partial charge < -0.3 is 61.4 Å². The summed E-state index contributed by atoms with van der Waals surface area (Å²) in [5.74, 6) is -4.52. The number of carboxylic acids is 4. The molecular formula is C28H33MnN2O14+3. The molecule has 0 fully saturated rings. The van der Waals surface area contributed by atoms with Crippen LogP contribution in [0.3, 0.4) is 0 Å². The molecular weight excluding hydrogens is 643 g/mol. The number of rotatable bonds is 9. The van der Waals surface area contributed by atoms with Crippen molar-refractivity contribution in [1.29, 1.82) is 0 Å². The molecule has 13 N–H and O–H groups in total. The summed E-state index contributed by atoms with van der Waals surface area (Å²) in [6.07, 6.45) is 3.54. The number of pyridine rings is 2. The predicted molar refractivity (Wildman–Crippen MR) is 154 cm³/mol. The molecule has 2 aromatic carbocycles. The van der Waals surface area contributed by atoms with Crippen molar-refractivity contribution in [2.75, 3.05) is 13.2 Å². The summed E-state index contributed by atoms with van der Waals surface area (Å²) >= 11 is 0. The number of aromatic nitrogens is 2. The van der Waals surface area contributed by atoms with Crippen LogP contribution < -0.4 is 19.7 Å². The van der Waals surface area contributed by atoms with Crippen molar-refractivity contribution in [2.24, 2.45) is 0 Å². The van der Waals surface area contributed by atoms with Crippen molar-refractivity contribution in [1.82, 2.24) is 9.97 Å². The van der Waals surface area contributed by atoms with Crippen LogP contribution >= 0.6 is 0 Å². The number of hydrogen-bond acceptors (Lipinski definition) is 10. The second kappa shape index (κ2) is 25.1. The zero-order valence-corrected chi connectivity index (χ0v) is 24.5. The van der Waals surface area contributed by atoms with Gasteiger partial charge in [-0.1, -0.05) is 24.3 Å². The van der Waals surface area contributed by atoms with E-state index < -0.39 is 37.1 Å². The normalized spacial score (nSPS) is 8.44. The quantitative estimate of drug-likeness (QED) is 0.138. The van der Waals surface area contributed by atoms with Gasteiger partial charge in [0.25, 0.3) is 0 Å². The van der Waals surface area contributed by atoms with E-state index in [4.69, 9.17) is 19.7 Å². The van der Waals surface area contributed by atoms with E-state index in [9.17, 15) is 29.4 Å². The number of nitrogens with zero attached hydrogens (tertiary/aromatic N) is 2. The topological polar surface area (TPSA) is 330 Å². The molecule has 0 saturated carbocycles. The van der Waals surface area contributed by atoms with E-state index in [1.165, 1.54) is 48.5 Å². The number of hydrogen-bond donors (Lipinski definition) is 2. The standard InChI is InChI=1S/C10H8N2.2C9H8O5.Mn.4H2O/c1-3-7-11-9(5-1)10-6-2-4-8-12-10;2*10-8(11)5-14-7-3-1-2-6(4-7)9(12)13;;;;;/h1-8H;2*1-4H,5H2,(H,10,11)(H,12,13);;4*1H2/q;;;+2;;;;/p+1. The van der Waals surface area contributed by atoms with E-state index in [1.807, 2.05) is 36.4 Å². The van der Waals surface area contributed by atoms with Crippen molar-refractivity contribution in [3.8, 4) is 22.9 Å². The first-order valence-corrected chi connectivity index (χ1v) is 11.3. The summed E-state index contributed by atoms with van der Waals surface area (Å²) in [5, 5.41) is 37.3. The molecule has 2 heterocycles. The van der Waals surface area contributed by atoms with Crippen LogP contribution in [0.25, 0.3) is 11.4 Å². The molecule has 2 aromatic heterocycles. The molecule has 0 bridgehead atoms. The monoisotopic (exact) mass is 676 g/mol. The van der Waals surface area contributed by atoms with Gasteiger partial charge in [-0.2, -0.15) is 0 Å². The van der Waals surface area contributed by atoms with E-state index in [1.54, 1.807) is 12.4 Å². The van der Waals surface area contributed by atoms with Crippen LogP contribution in [0.4, 0.5) is 0 Å². The van der Waals surface area contributed by atoms with Gasteiger partial charge in [-0.15, -0.1) is 0 Å². The van der Waals surface area contributed by atoms with Crippen LogP contribution in [-0.2, 0) is 43.1 Å². The van der Waals surface area contributed by atoms with Crippen molar-refractivity contribution in [3.63, 3.8) is 0 Å². The average molecular weight is 677 g/mol. The first kappa shape index (κ1) is 46.5. The van der Waals surface area contributed by atoms with Crippen LogP contribution in [0.15, 0.2) is 97.3 Å². The molecule has 4 rings (SSSR count).